The smallest absolute Gasteiger partial charge is 0.326 e. The van der Waals surface area contributed by atoms with E-state index < -0.39 is 5.54 Å². The van der Waals surface area contributed by atoms with Gasteiger partial charge in [-0.3, -0.25) is 9.69 Å². The molecule has 1 N–H and O–H groups in total. The van der Waals surface area contributed by atoms with Crippen molar-refractivity contribution >= 4 is 17.8 Å². The van der Waals surface area contributed by atoms with Gasteiger partial charge in [0.05, 0.1) is 12.2 Å². The minimum absolute atomic E-state index is 0.0137. The number of urea groups is 1. The number of carbonyl (C=O) groups is 2. The number of imide groups is 1. The summed E-state index contributed by atoms with van der Waals surface area (Å²) in [6, 6.07) is 13.2. The van der Waals surface area contributed by atoms with Gasteiger partial charge in [-0.15, -0.1) is 0 Å². The maximum atomic E-state index is 13.3. The van der Waals surface area contributed by atoms with Crippen LogP contribution in [0.4, 0.5) is 10.6 Å². The Hall–Kier alpha value is -3.44. The van der Waals surface area contributed by atoms with E-state index >= 15 is 0 Å². The van der Waals surface area contributed by atoms with E-state index in [0.717, 1.165) is 5.56 Å². The van der Waals surface area contributed by atoms with Gasteiger partial charge >= 0.3 is 6.03 Å². The summed E-state index contributed by atoms with van der Waals surface area (Å²) in [5, 5.41) is 12.2. The molecule has 33 heavy (non-hydrogen) atoms. The Balaban J connectivity index is 1.42. The quantitative estimate of drug-likeness (QED) is 0.726. The van der Waals surface area contributed by atoms with Crippen molar-refractivity contribution in [2.75, 3.05) is 37.7 Å². The maximum Gasteiger partial charge on any atom is 0.326 e. The molecule has 2 aliphatic heterocycles. The highest BCUT2D eigenvalue weighted by atomic mass is 16.2. The van der Waals surface area contributed by atoms with Crippen LogP contribution >= 0.6 is 0 Å². The number of aromatic nitrogens is 1. The summed E-state index contributed by atoms with van der Waals surface area (Å²) < 4.78 is 0. The lowest BCUT2D eigenvalue weighted by atomic mass is 9.84. The second-order valence-corrected chi connectivity index (χ2v) is 9.85. The van der Waals surface area contributed by atoms with Crippen molar-refractivity contribution < 1.29 is 9.59 Å². The molecular weight excluding hydrogens is 416 g/mol. The molecule has 2 saturated heterocycles. The molecule has 0 radical (unpaired) electrons. The Labute approximate surface area is 194 Å². The number of benzene rings is 1. The molecule has 0 bridgehead atoms. The second-order valence-electron chi connectivity index (χ2n) is 9.85. The van der Waals surface area contributed by atoms with E-state index in [1.54, 1.807) is 25.3 Å². The van der Waals surface area contributed by atoms with Gasteiger partial charge in [-0.1, -0.05) is 45.0 Å². The number of hydrogen-bond donors (Lipinski definition) is 1. The Morgan fingerprint density at radius 3 is 2.36 bits per heavy atom. The van der Waals surface area contributed by atoms with Crippen molar-refractivity contribution in [2.45, 2.75) is 38.6 Å². The molecule has 1 aromatic carbocycles. The molecule has 4 rings (SSSR count). The summed E-state index contributed by atoms with van der Waals surface area (Å²) in [6.07, 6.45) is 1.69. The number of rotatable bonds is 4. The molecule has 8 nitrogen and oxygen atoms in total. The van der Waals surface area contributed by atoms with Crippen LogP contribution in [-0.4, -0.2) is 59.6 Å². The van der Waals surface area contributed by atoms with E-state index in [-0.39, 0.29) is 24.0 Å². The number of carbonyl (C=O) groups excluding carboxylic acids is 2. The Morgan fingerprint density at radius 2 is 1.76 bits per heavy atom. The highest BCUT2D eigenvalue weighted by Gasteiger charge is 2.49. The topological polar surface area (TPSA) is 92.6 Å². The molecule has 0 spiro atoms. The summed E-state index contributed by atoms with van der Waals surface area (Å²) in [5.41, 5.74) is 1.44. The predicted molar refractivity (Wildman–Crippen MR) is 125 cm³/mol. The van der Waals surface area contributed by atoms with Crippen LogP contribution in [0.2, 0.25) is 0 Å². The Bertz CT molecular complexity index is 1090. The van der Waals surface area contributed by atoms with Gasteiger partial charge in [0.15, 0.2) is 0 Å². The zero-order chi connectivity index (χ0) is 23.8. The number of nitrogens with zero attached hydrogens (tertiary/aromatic N) is 5. The first-order chi connectivity index (χ1) is 15.6. The zero-order valence-corrected chi connectivity index (χ0v) is 19.6. The number of nitriles is 1. The molecule has 0 aliphatic carbocycles. The second kappa shape index (κ2) is 8.49. The third kappa shape index (κ3) is 4.29. The monoisotopic (exact) mass is 446 g/mol. The van der Waals surface area contributed by atoms with Gasteiger partial charge in [-0.05, 0) is 35.6 Å². The first kappa shape index (κ1) is 22.7. The van der Waals surface area contributed by atoms with E-state index in [2.05, 4.69) is 46.9 Å². The highest BCUT2D eigenvalue weighted by molar-refractivity contribution is 6.07. The van der Waals surface area contributed by atoms with Crippen molar-refractivity contribution in [3.63, 3.8) is 0 Å². The third-order valence-corrected chi connectivity index (χ3v) is 6.52. The molecule has 1 unspecified atom stereocenters. The fourth-order valence-corrected chi connectivity index (χ4v) is 4.36. The summed E-state index contributed by atoms with van der Waals surface area (Å²) in [7, 11) is 0. The third-order valence-electron chi connectivity index (χ3n) is 6.52. The Morgan fingerprint density at radius 1 is 1.09 bits per heavy atom. The molecule has 1 aromatic heterocycles. The fourth-order valence-electron chi connectivity index (χ4n) is 4.36. The zero-order valence-electron chi connectivity index (χ0n) is 19.6. The summed E-state index contributed by atoms with van der Waals surface area (Å²) >= 11 is 0. The van der Waals surface area contributed by atoms with Crippen LogP contribution in [0.15, 0.2) is 42.6 Å². The summed E-state index contributed by atoms with van der Waals surface area (Å²) in [5.74, 6) is 0.441. The van der Waals surface area contributed by atoms with Gasteiger partial charge in [0.2, 0.25) is 0 Å². The average Bonchev–Trinajstić information content (AvgIpc) is 3.03. The van der Waals surface area contributed by atoms with Gasteiger partial charge in [-0.2, -0.15) is 5.26 Å². The molecule has 0 saturated carbocycles. The first-order valence-corrected chi connectivity index (χ1v) is 11.2. The van der Waals surface area contributed by atoms with Gasteiger partial charge in [0, 0.05) is 32.4 Å². The lowest BCUT2D eigenvalue weighted by molar-refractivity contribution is -0.132. The van der Waals surface area contributed by atoms with Crippen molar-refractivity contribution in [1.82, 2.24) is 20.1 Å². The van der Waals surface area contributed by atoms with Crippen LogP contribution in [0.25, 0.3) is 0 Å². The molecule has 2 aliphatic rings. The van der Waals surface area contributed by atoms with Crippen LogP contribution in [-0.2, 0) is 15.7 Å². The number of anilines is 1. The van der Waals surface area contributed by atoms with Gasteiger partial charge < -0.3 is 10.2 Å². The number of nitrogens with one attached hydrogen (secondary N) is 1. The van der Waals surface area contributed by atoms with Crippen LogP contribution in [0.3, 0.4) is 0 Å². The van der Waals surface area contributed by atoms with Crippen molar-refractivity contribution in [3.8, 4) is 6.07 Å². The molecule has 2 aromatic rings. The van der Waals surface area contributed by atoms with E-state index in [9.17, 15) is 14.9 Å². The van der Waals surface area contributed by atoms with E-state index in [1.807, 2.05) is 24.3 Å². The molecule has 8 heteroatoms. The minimum atomic E-state index is -1.08. The van der Waals surface area contributed by atoms with Crippen LogP contribution in [0.1, 0.15) is 44.4 Å². The fraction of sp³-hybridized carbons (Fsp3) is 0.440. The lowest BCUT2D eigenvalue weighted by Crippen LogP contribution is -2.52. The number of hydrogen-bond acceptors (Lipinski definition) is 6. The van der Waals surface area contributed by atoms with Crippen molar-refractivity contribution in [1.29, 1.82) is 5.26 Å². The number of piperazine rings is 1. The van der Waals surface area contributed by atoms with Crippen molar-refractivity contribution in [2.24, 2.45) is 0 Å². The molecule has 1 atom stereocenters. The lowest BCUT2D eigenvalue weighted by Gasteiger charge is -2.36. The molecular formula is C25H30N6O2. The minimum Gasteiger partial charge on any atom is -0.353 e. The van der Waals surface area contributed by atoms with Crippen molar-refractivity contribution in [3.05, 3.63) is 59.3 Å². The largest absolute Gasteiger partial charge is 0.353 e. The maximum absolute atomic E-state index is 13.3. The van der Waals surface area contributed by atoms with E-state index in [4.69, 9.17) is 0 Å². The van der Waals surface area contributed by atoms with Crippen LogP contribution in [0, 0.1) is 11.3 Å². The van der Waals surface area contributed by atoms with E-state index in [0.29, 0.717) is 37.6 Å². The number of amides is 3. The summed E-state index contributed by atoms with van der Waals surface area (Å²) in [4.78, 5) is 35.9. The van der Waals surface area contributed by atoms with E-state index in [1.165, 1.54) is 10.5 Å². The number of pyridine rings is 1. The van der Waals surface area contributed by atoms with Gasteiger partial charge in [0.1, 0.15) is 17.4 Å². The van der Waals surface area contributed by atoms with Crippen LogP contribution < -0.4 is 10.2 Å². The average molecular weight is 447 g/mol. The SMILES string of the molecule is CC(C)(C)c1ccc(C2(C)NC(=O)N(CN3CCN(c4ncccc4C#N)CC3)C2=O)cc1. The first-order valence-electron chi connectivity index (χ1n) is 11.2. The predicted octanol–water partition coefficient (Wildman–Crippen LogP) is 2.80. The normalized spacial score (nSPS) is 21.8. The standard InChI is InChI=1S/C25H30N6O2/c1-24(2,3)19-7-9-20(10-8-19)25(4)22(32)31(23(33)28-25)17-29-12-14-30(15-13-29)21-18(16-26)6-5-11-27-21/h5-11H,12-15,17H2,1-4H3,(H,28,33). The highest BCUT2D eigenvalue weighted by Crippen LogP contribution is 2.31. The molecule has 2 fully saturated rings. The molecule has 3 amide bonds. The molecule has 172 valence electrons. The van der Waals surface area contributed by atoms with Gasteiger partial charge in [-0.25, -0.2) is 14.7 Å². The van der Waals surface area contributed by atoms with Crippen LogP contribution in [0.5, 0.6) is 0 Å². The molecule has 3 heterocycles. The Kier molecular flexibility index (Phi) is 5.85. The summed E-state index contributed by atoms with van der Waals surface area (Å²) in [6.45, 7) is 11.1. The van der Waals surface area contributed by atoms with Gasteiger partial charge in [0.25, 0.3) is 5.91 Å².